The summed E-state index contributed by atoms with van der Waals surface area (Å²) in [6.07, 6.45) is -1.56. The van der Waals surface area contributed by atoms with E-state index >= 15 is 0 Å². The number of hydrogen-bond donors (Lipinski definition) is 4. The molecule has 4 N–H and O–H groups in total. The predicted molar refractivity (Wildman–Crippen MR) is 66.9 cm³/mol. The van der Waals surface area contributed by atoms with Crippen LogP contribution in [-0.2, 0) is 4.74 Å². The summed E-state index contributed by atoms with van der Waals surface area (Å²) in [5.74, 6) is 0. The van der Waals surface area contributed by atoms with Crippen LogP contribution >= 0.6 is 0 Å². The van der Waals surface area contributed by atoms with Crippen LogP contribution in [0.1, 0.15) is 11.7 Å². The van der Waals surface area contributed by atoms with Crippen molar-refractivity contribution in [2.24, 2.45) is 0 Å². The monoisotopic (exact) mass is 279 g/mol. The fourth-order valence-electron chi connectivity index (χ4n) is 2.31. The molecular weight excluding hydrogens is 266 g/mol. The van der Waals surface area contributed by atoms with Crippen LogP contribution in [0.25, 0.3) is 11.2 Å². The van der Waals surface area contributed by atoms with Gasteiger partial charge in [0.15, 0.2) is 5.65 Å². The fraction of sp³-hybridized carbons (Fsp3) is 0.417. The van der Waals surface area contributed by atoms with Crippen LogP contribution in [0, 0.1) is 0 Å². The first kappa shape index (κ1) is 13.1. The van der Waals surface area contributed by atoms with Gasteiger partial charge in [0.2, 0.25) is 0 Å². The molecule has 2 aromatic heterocycles. The molecule has 20 heavy (non-hydrogen) atoms. The summed E-state index contributed by atoms with van der Waals surface area (Å²) in [7, 11) is 0. The van der Waals surface area contributed by atoms with Crippen molar-refractivity contribution in [1.82, 2.24) is 15.0 Å². The predicted octanol–water partition coefficient (Wildman–Crippen LogP) is -1.53. The van der Waals surface area contributed by atoms with Gasteiger partial charge in [-0.3, -0.25) is 9.78 Å². The summed E-state index contributed by atoms with van der Waals surface area (Å²) in [6, 6.07) is 1.46. The molecule has 3 rings (SSSR count). The van der Waals surface area contributed by atoms with Gasteiger partial charge < -0.3 is 25.0 Å². The molecule has 0 aliphatic carbocycles. The summed E-state index contributed by atoms with van der Waals surface area (Å²) in [4.78, 5) is 22.6. The average Bonchev–Trinajstić information content (AvgIpc) is 2.74. The second-order valence-corrected chi connectivity index (χ2v) is 4.60. The van der Waals surface area contributed by atoms with E-state index in [1.165, 1.54) is 18.5 Å². The maximum Gasteiger partial charge on any atom is 0.255 e. The van der Waals surface area contributed by atoms with Gasteiger partial charge in [0.25, 0.3) is 5.56 Å². The summed E-state index contributed by atoms with van der Waals surface area (Å²) >= 11 is 0. The maximum atomic E-state index is 12.0. The van der Waals surface area contributed by atoms with Crippen LogP contribution in [0.4, 0.5) is 0 Å². The summed E-state index contributed by atoms with van der Waals surface area (Å²) in [5.41, 5.74) is 0.432. The lowest BCUT2D eigenvalue weighted by Crippen LogP contribution is -2.33. The van der Waals surface area contributed by atoms with E-state index in [1.807, 2.05) is 0 Å². The van der Waals surface area contributed by atoms with Crippen molar-refractivity contribution in [3.8, 4) is 0 Å². The second-order valence-electron chi connectivity index (χ2n) is 4.60. The smallest absolute Gasteiger partial charge is 0.255 e. The quantitative estimate of drug-likeness (QED) is 0.525. The third-order valence-electron chi connectivity index (χ3n) is 3.36. The van der Waals surface area contributed by atoms with Crippen LogP contribution in [-0.4, -0.2) is 55.2 Å². The highest BCUT2D eigenvalue weighted by Gasteiger charge is 2.44. The van der Waals surface area contributed by atoms with Gasteiger partial charge in [0.1, 0.15) is 29.9 Å². The standard InChI is InChI=1S/C12H13N3O5/c16-4-7-8(17)9(18)10(20-7)5-3-6-11(15-12(5)19)14-2-1-13-6/h1-3,7-10,16-18H,4H2,(H,14,15,19)/t7-,8?,9?,10+/m1/s1. The zero-order valence-electron chi connectivity index (χ0n) is 10.3. The molecule has 0 aromatic carbocycles. The Bertz CT molecular complexity index is 688. The van der Waals surface area contributed by atoms with Crippen LogP contribution in [0.2, 0.25) is 0 Å². The molecule has 1 saturated heterocycles. The van der Waals surface area contributed by atoms with Crippen molar-refractivity contribution in [3.05, 3.63) is 34.4 Å². The average molecular weight is 279 g/mol. The molecule has 2 unspecified atom stereocenters. The van der Waals surface area contributed by atoms with E-state index in [2.05, 4.69) is 15.0 Å². The highest BCUT2D eigenvalue weighted by Crippen LogP contribution is 2.32. The Morgan fingerprint density at radius 2 is 2.00 bits per heavy atom. The largest absolute Gasteiger partial charge is 0.394 e. The topological polar surface area (TPSA) is 129 Å². The minimum Gasteiger partial charge on any atom is -0.394 e. The molecule has 4 atom stereocenters. The molecule has 8 nitrogen and oxygen atoms in total. The number of aliphatic hydroxyl groups is 3. The number of H-pyrrole nitrogens is 1. The zero-order chi connectivity index (χ0) is 14.3. The number of pyridine rings is 1. The highest BCUT2D eigenvalue weighted by molar-refractivity contribution is 5.69. The van der Waals surface area contributed by atoms with Gasteiger partial charge in [-0.15, -0.1) is 0 Å². The lowest BCUT2D eigenvalue weighted by molar-refractivity contribution is -0.0231. The summed E-state index contributed by atoms with van der Waals surface area (Å²) in [5, 5.41) is 28.7. The molecule has 0 radical (unpaired) electrons. The summed E-state index contributed by atoms with van der Waals surface area (Å²) in [6.45, 7) is -0.444. The van der Waals surface area contributed by atoms with Gasteiger partial charge in [-0.2, -0.15) is 0 Å². The SMILES string of the molecule is O=c1[nH]c2nccnc2cc1[C@@H]1O[C@H](CO)C(O)C1O. The van der Waals surface area contributed by atoms with E-state index in [0.717, 1.165) is 0 Å². The van der Waals surface area contributed by atoms with Crippen LogP contribution in [0.15, 0.2) is 23.3 Å². The van der Waals surface area contributed by atoms with Gasteiger partial charge in [0, 0.05) is 12.4 Å². The minimum atomic E-state index is -1.29. The maximum absolute atomic E-state index is 12.0. The van der Waals surface area contributed by atoms with Crippen LogP contribution in [0.5, 0.6) is 0 Å². The Kier molecular flexibility index (Phi) is 3.22. The number of aliphatic hydroxyl groups excluding tert-OH is 3. The van der Waals surface area contributed by atoms with Gasteiger partial charge in [0.05, 0.1) is 12.2 Å². The van der Waals surface area contributed by atoms with Crippen LogP contribution < -0.4 is 5.56 Å². The van der Waals surface area contributed by atoms with E-state index in [-0.39, 0.29) is 5.56 Å². The van der Waals surface area contributed by atoms with Crippen molar-refractivity contribution in [2.75, 3.05) is 6.61 Å². The molecular formula is C12H13N3O5. The molecule has 8 heteroatoms. The normalized spacial score (nSPS) is 29.9. The van der Waals surface area contributed by atoms with Crippen LogP contribution in [0.3, 0.4) is 0 Å². The Morgan fingerprint density at radius 1 is 1.25 bits per heavy atom. The molecule has 0 amide bonds. The number of ether oxygens (including phenoxy) is 1. The van der Waals surface area contributed by atoms with E-state index in [9.17, 15) is 15.0 Å². The Hall–Kier alpha value is -1.87. The van der Waals surface area contributed by atoms with Gasteiger partial charge in [-0.25, -0.2) is 4.98 Å². The third kappa shape index (κ3) is 1.98. The molecule has 0 spiro atoms. The van der Waals surface area contributed by atoms with Crippen molar-refractivity contribution >= 4 is 11.2 Å². The molecule has 1 aliphatic rings. The van der Waals surface area contributed by atoms with E-state index in [1.54, 1.807) is 0 Å². The number of aromatic amines is 1. The Labute approximate surface area is 112 Å². The van der Waals surface area contributed by atoms with Crippen molar-refractivity contribution in [2.45, 2.75) is 24.4 Å². The molecule has 1 aliphatic heterocycles. The first-order chi connectivity index (χ1) is 9.61. The number of hydrogen-bond acceptors (Lipinski definition) is 7. The number of rotatable bonds is 2. The van der Waals surface area contributed by atoms with Gasteiger partial charge in [-0.05, 0) is 6.07 Å². The first-order valence-corrected chi connectivity index (χ1v) is 6.08. The molecule has 0 bridgehead atoms. The number of aromatic nitrogens is 3. The van der Waals surface area contributed by atoms with E-state index in [0.29, 0.717) is 11.2 Å². The lowest BCUT2D eigenvalue weighted by atomic mass is 10.0. The Balaban J connectivity index is 2.06. The fourth-order valence-corrected chi connectivity index (χ4v) is 2.31. The molecule has 1 fully saturated rings. The first-order valence-electron chi connectivity index (χ1n) is 6.08. The van der Waals surface area contributed by atoms with Crippen molar-refractivity contribution in [3.63, 3.8) is 0 Å². The Morgan fingerprint density at radius 3 is 2.70 bits per heavy atom. The molecule has 2 aromatic rings. The van der Waals surface area contributed by atoms with Crippen molar-refractivity contribution in [1.29, 1.82) is 0 Å². The number of nitrogens with one attached hydrogen (secondary N) is 1. The number of nitrogens with zero attached hydrogens (tertiary/aromatic N) is 2. The summed E-state index contributed by atoms with van der Waals surface area (Å²) < 4.78 is 5.33. The third-order valence-corrected chi connectivity index (χ3v) is 3.36. The highest BCUT2D eigenvalue weighted by atomic mass is 16.6. The molecule has 106 valence electrons. The van der Waals surface area contributed by atoms with E-state index < -0.39 is 36.6 Å². The lowest BCUT2D eigenvalue weighted by Gasteiger charge is -2.14. The van der Waals surface area contributed by atoms with Crippen molar-refractivity contribution < 1.29 is 20.1 Å². The zero-order valence-corrected chi connectivity index (χ0v) is 10.3. The van der Waals surface area contributed by atoms with E-state index in [4.69, 9.17) is 9.84 Å². The second kappa shape index (κ2) is 4.91. The van der Waals surface area contributed by atoms with Gasteiger partial charge in [-0.1, -0.05) is 0 Å². The van der Waals surface area contributed by atoms with Gasteiger partial charge >= 0.3 is 0 Å². The molecule has 0 saturated carbocycles. The molecule has 3 heterocycles. The number of fused-ring (bicyclic) bond motifs is 1. The minimum absolute atomic E-state index is 0.139.